The first-order chi connectivity index (χ1) is 12.2. The van der Waals surface area contributed by atoms with Crippen molar-refractivity contribution in [3.05, 3.63) is 67.0 Å². The van der Waals surface area contributed by atoms with Crippen molar-refractivity contribution in [3.63, 3.8) is 0 Å². The highest BCUT2D eigenvalue weighted by molar-refractivity contribution is 5.81. The van der Waals surface area contributed by atoms with Crippen LogP contribution < -0.4 is 0 Å². The van der Waals surface area contributed by atoms with Gasteiger partial charge in [0.05, 0.1) is 0 Å². The van der Waals surface area contributed by atoms with Gasteiger partial charge in [0.25, 0.3) is 0 Å². The molecule has 5 nitrogen and oxygen atoms in total. The van der Waals surface area contributed by atoms with Gasteiger partial charge in [-0.3, -0.25) is 4.68 Å². The Bertz CT molecular complexity index is 990. The van der Waals surface area contributed by atoms with E-state index in [0.29, 0.717) is 11.2 Å². The zero-order valence-corrected chi connectivity index (χ0v) is 13.9. The molecule has 0 radical (unpaired) electrons. The van der Waals surface area contributed by atoms with E-state index in [1.807, 2.05) is 41.3 Å². The first-order valence-electron chi connectivity index (χ1n) is 8.28. The van der Waals surface area contributed by atoms with Gasteiger partial charge in [-0.1, -0.05) is 18.2 Å². The standard InChI is InChI=1S/C19H18FN5/c1-14(8-12-24-11-3-9-22-24)25-13-10-21-19(25)17-7-6-15-4-2-5-16(20)18(15)23-17/h2-7,9-11,13-14H,8,12H2,1H3. The first-order valence-corrected chi connectivity index (χ1v) is 8.28. The molecule has 0 N–H and O–H groups in total. The molecule has 0 aliphatic carbocycles. The number of benzene rings is 1. The lowest BCUT2D eigenvalue weighted by atomic mass is 10.2. The highest BCUT2D eigenvalue weighted by Crippen LogP contribution is 2.25. The molecule has 0 aliphatic rings. The molecule has 1 atom stereocenters. The van der Waals surface area contributed by atoms with Crippen LogP contribution in [0.15, 0.2) is 61.2 Å². The molecule has 0 spiro atoms. The number of hydrogen-bond acceptors (Lipinski definition) is 3. The van der Waals surface area contributed by atoms with Crippen LogP contribution in [-0.2, 0) is 6.54 Å². The summed E-state index contributed by atoms with van der Waals surface area (Å²) >= 11 is 0. The lowest BCUT2D eigenvalue weighted by Crippen LogP contribution is -2.10. The molecule has 4 rings (SSSR count). The normalized spacial score (nSPS) is 12.6. The molecule has 0 fully saturated rings. The second-order valence-corrected chi connectivity index (χ2v) is 6.07. The fourth-order valence-electron chi connectivity index (χ4n) is 2.99. The van der Waals surface area contributed by atoms with Crippen LogP contribution in [0.4, 0.5) is 4.39 Å². The van der Waals surface area contributed by atoms with Crippen molar-refractivity contribution in [1.82, 2.24) is 24.3 Å². The van der Waals surface area contributed by atoms with Crippen LogP contribution in [0.25, 0.3) is 22.4 Å². The Hall–Kier alpha value is -3.02. The maximum atomic E-state index is 14.0. The van der Waals surface area contributed by atoms with Crippen LogP contribution >= 0.6 is 0 Å². The fraction of sp³-hybridized carbons (Fsp3) is 0.211. The Morgan fingerprint density at radius 2 is 2.00 bits per heavy atom. The predicted octanol–water partition coefficient (Wildman–Crippen LogP) is 4.09. The van der Waals surface area contributed by atoms with Crippen molar-refractivity contribution in [3.8, 4) is 11.5 Å². The zero-order valence-electron chi connectivity index (χ0n) is 13.9. The first kappa shape index (κ1) is 15.5. The smallest absolute Gasteiger partial charge is 0.158 e. The Labute approximate surface area is 144 Å². The van der Waals surface area contributed by atoms with Crippen LogP contribution in [0.5, 0.6) is 0 Å². The van der Waals surface area contributed by atoms with Crippen molar-refractivity contribution in [1.29, 1.82) is 0 Å². The summed E-state index contributed by atoms with van der Waals surface area (Å²) in [5.74, 6) is 0.433. The van der Waals surface area contributed by atoms with Gasteiger partial charge in [-0.05, 0) is 31.5 Å². The van der Waals surface area contributed by atoms with Crippen LogP contribution in [0.3, 0.4) is 0 Å². The van der Waals surface area contributed by atoms with E-state index >= 15 is 0 Å². The summed E-state index contributed by atoms with van der Waals surface area (Å²) in [6.07, 6.45) is 8.34. The van der Waals surface area contributed by atoms with Gasteiger partial charge in [0.1, 0.15) is 17.0 Å². The van der Waals surface area contributed by atoms with E-state index in [4.69, 9.17) is 0 Å². The number of halogens is 1. The third kappa shape index (κ3) is 3.03. The molecule has 1 aromatic carbocycles. The van der Waals surface area contributed by atoms with Gasteiger partial charge in [0, 0.05) is 42.8 Å². The number of para-hydroxylation sites is 1. The molecule has 1 unspecified atom stereocenters. The number of rotatable bonds is 5. The van der Waals surface area contributed by atoms with Crippen molar-refractivity contribution in [2.45, 2.75) is 25.9 Å². The molecular weight excluding hydrogens is 317 g/mol. The van der Waals surface area contributed by atoms with E-state index in [2.05, 4.69) is 26.6 Å². The van der Waals surface area contributed by atoms with E-state index in [1.54, 1.807) is 18.5 Å². The summed E-state index contributed by atoms with van der Waals surface area (Å²) in [5, 5.41) is 5.02. The molecule has 6 heteroatoms. The molecule has 25 heavy (non-hydrogen) atoms. The van der Waals surface area contributed by atoms with Gasteiger partial charge in [-0.2, -0.15) is 5.10 Å². The van der Waals surface area contributed by atoms with Crippen molar-refractivity contribution < 1.29 is 4.39 Å². The molecule has 126 valence electrons. The summed E-state index contributed by atoms with van der Waals surface area (Å²) in [6, 6.07) is 10.9. The van der Waals surface area contributed by atoms with E-state index in [1.165, 1.54) is 6.07 Å². The quantitative estimate of drug-likeness (QED) is 0.552. The fourth-order valence-corrected chi connectivity index (χ4v) is 2.99. The molecule has 3 aromatic heterocycles. The van der Waals surface area contributed by atoms with Gasteiger partial charge < -0.3 is 4.57 Å². The van der Waals surface area contributed by atoms with Gasteiger partial charge in [-0.15, -0.1) is 0 Å². The number of aryl methyl sites for hydroxylation is 1. The molecule has 0 bridgehead atoms. The van der Waals surface area contributed by atoms with E-state index in [0.717, 1.165) is 24.2 Å². The monoisotopic (exact) mass is 335 g/mol. The maximum Gasteiger partial charge on any atom is 0.158 e. The van der Waals surface area contributed by atoms with E-state index in [9.17, 15) is 4.39 Å². The van der Waals surface area contributed by atoms with Crippen molar-refractivity contribution in [2.75, 3.05) is 0 Å². The predicted molar refractivity (Wildman–Crippen MR) is 94.5 cm³/mol. The molecule has 0 aliphatic heterocycles. The number of pyridine rings is 1. The third-order valence-electron chi connectivity index (χ3n) is 4.38. The Morgan fingerprint density at radius 1 is 1.08 bits per heavy atom. The van der Waals surface area contributed by atoms with Crippen LogP contribution in [0.1, 0.15) is 19.4 Å². The average Bonchev–Trinajstić information content (AvgIpc) is 3.31. The molecule has 4 aromatic rings. The number of hydrogen-bond donors (Lipinski definition) is 0. The summed E-state index contributed by atoms with van der Waals surface area (Å²) in [5.41, 5.74) is 1.05. The number of aromatic nitrogens is 5. The largest absolute Gasteiger partial charge is 0.327 e. The molecule has 3 heterocycles. The van der Waals surface area contributed by atoms with E-state index < -0.39 is 0 Å². The van der Waals surface area contributed by atoms with Crippen LogP contribution in [0.2, 0.25) is 0 Å². The second-order valence-electron chi connectivity index (χ2n) is 6.07. The van der Waals surface area contributed by atoms with Crippen molar-refractivity contribution in [2.24, 2.45) is 0 Å². The van der Waals surface area contributed by atoms with Gasteiger partial charge in [-0.25, -0.2) is 14.4 Å². The van der Waals surface area contributed by atoms with E-state index in [-0.39, 0.29) is 11.9 Å². The lowest BCUT2D eigenvalue weighted by Gasteiger charge is -2.16. The second kappa shape index (κ2) is 6.47. The minimum atomic E-state index is -0.316. The topological polar surface area (TPSA) is 48.5 Å². The van der Waals surface area contributed by atoms with Gasteiger partial charge in [0.15, 0.2) is 5.82 Å². The minimum absolute atomic E-state index is 0.222. The Balaban J connectivity index is 1.63. The minimum Gasteiger partial charge on any atom is -0.327 e. The SMILES string of the molecule is CC(CCn1cccn1)n1ccnc1-c1ccc2cccc(F)c2n1. The molecular formula is C19H18FN5. The molecule has 0 amide bonds. The summed E-state index contributed by atoms with van der Waals surface area (Å²) in [4.78, 5) is 8.94. The summed E-state index contributed by atoms with van der Waals surface area (Å²) in [7, 11) is 0. The Morgan fingerprint density at radius 3 is 2.84 bits per heavy atom. The van der Waals surface area contributed by atoms with Gasteiger partial charge in [0.2, 0.25) is 0 Å². The highest BCUT2D eigenvalue weighted by Gasteiger charge is 2.14. The maximum absolute atomic E-state index is 14.0. The Kier molecular flexibility index (Phi) is 4.01. The zero-order chi connectivity index (χ0) is 17.2. The molecule has 0 saturated heterocycles. The van der Waals surface area contributed by atoms with Crippen molar-refractivity contribution >= 4 is 10.9 Å². The number of fused-ring (bicyclic) bond motifs is 1. The lowest BCUT2D eigenvalue weighted by molar-refractivity contribution is 0.449. The number of imidazole rings is 1. The average molecular weight is 335 g/mol. The summed E-state index contributed by atoms with van der Waals surface area (Å²) in [6.45, 7) is 2.96. The van der Waals surface area contributed by atoms with Crippen LogP contribution in [0, 0.1) is 5.82 Å². The summed E-state index contributed by atoms with van der Waals surface area (Å²) < 4.78 is 18.0. The van der Waals surface area contributed by atoms with Gasteiger partial charge >= 0.3 is 0 Å². The highest BCUT2D eigenvalue weighted by atomic mass is 19.1. The van der Waals surface area contributed by atoms with Crippen LogP contribution in [-0.4, -0.2) is 24.3 Å². The third-order valence-corrected chi connectivity index (χ3v) is 4.38. The number of nitrogens with zero attached hydrogens (tertiary/aromatic N) is 5. The molecule has 0 saturated carbocycles.